The van der Waals surface area contributed by atoms with Crippen LogP contribution in [0.25, 0.3) is 6.08 Å². The Balaban J connectivity index is 1.44. The minimum Gasteiger partial charge on any atom is -0.493 e. The number of halogens is 2. The summed E-state index contributed by atoms with van der Waals surface area (Å²) in [5, 5.41) is 0.134. The molecule has 0 radical (unpaired) electrons. The Morgan fingerprint density at radius 3 is 2.49 bits per heavy atom. The second-order valence-corrected chi connectivity index (χ2v) is 9.98. The van der Waals surface area contributed by atoms with E-state index in [1.54, 1.807) is 43.5 Å². The highest BCUT2D eigenvalue weighted by Crippen LogP contribution is 2.37. The van der Waals surface area contributed by atoms with E-state index in [9.17, 15) is 9.59 Å². The molecule has 0 spiro atoms. The second-order valence-electron chi connectivity index (χ2n) is 7.42. The first kappa shape index (κ1) is 25.4. The van der Waals surface area contributed by atoms with Gasteiger partial charge in [0.15, 0.2) is 11.5 Å². The van der Waals surface area contributed by atoms with Gasteiger partial charge < -0.3 is 14.2 Å². The van der Waals surface area contributed by atoms with E-state index < -0.39 is 0 Å². The van der Waals surface area contributed by atoms with Crippen LogP contribution < -0.4 is 14.2 Å². The third kappa shape index (κ3) is 6.31. The van der Waals surface area contributed by atoms with Gasteiger partial charge in [-0.1, -0.05) is 54.1 Å². The molecule has 1 aliphatic heterocycles. The molecule has 1 fully saturated rings. The van der Waals surface area contributed by atoms with Crippen LogP contribution in [0.5, 0.6) is 17.2 Å². The molecule has 0 saturated carbocycles. The third-order valence-corrected chi connectivity index (χ3v) is 7.08. The maximum atomic E-state index is 12.9. The molecule has 1 heterocycles. The van der Waals surface area contributed by atoms with Crippen molar-refractivity contribution in [3.05, 3.63) is 91.4 Å². The number of carbonyl (C=O) groups excluding carboxylic acids is 2. The number of methoxy groups -OCH3 is 1. The predicted molar refractivity (Wildman–Crippen MR) is 146 cm³/mol. The fourth-order valence-electron chi connectivity index (χ4n) is 3.35. The van der Waals surface area contributed by atoms with Crippen LogP contribution in [0, 0.1) is 3.57 Å². The van der Waals surface area contributed by atoms with Gasteiger partial charge in [-0.25, -0.2) is 0 Å². The number of nitrogens with zero attached hydrogens (tertiary/aromatic N) is 1. The van der Waals surface area contributed by atoms with Crippen LogP contribution in [0.1, 0.15) is 11.1 Å². The normalized spacial score (nSPS) is 14.5. The maximum Gasteiger partial charge on any atom is 0.293 e. The van der Waals surface area contributed by atoms with Crippen molar-refractivity contribution in [3.8, 4) is 17.2 Å². The zero-order valence-electron chi connectivity index (χ0n) is 18.7. The Morgan fingerprint density at radius 1 is 1.00 bits per heavy atom. The van der Waals surface area contributed by atoms with Crippen molar-refractivity contribution >= 4 is 63.2 Å². The minimum absolute atomic E-state index is 0.125. The van der Waals surface area contributed by atoms with E-state index in [-0.39, 0.29) is 24.3 Å². The topological polar surface area (TPSA) is 65.1 Å². The van der Waals surface area contributed by atoms with Crippen LogP contribution in [0.3, 0.4) is 0 Å². The van der Waals surface area contributed by atoms with Gasteiger partial charge in [0.1, 0.15) is 19.0 Å². The van der Waals surface area contributed by atoms with Gasteiger partial charge in [0, 0.05) is 0 Å². The fraction of sp³-hybridized carbons (Fsp3) is 0.154. The number of carbonyl (C=O) groups is 2. The number of rotatable bonds is 9. The quantitative estimate of drug-likeness (QED) is 0.197. The van der Waals surface area contributed by atoms with Crippen molar-refractivity contribution in [1.82, 2.24) is 4.90 Å². The highest BCUT2D eigenvalue weighted by molar-refractivity contribution is 14.1. The lowest BCUT2D eigenvalue weighted by molar-refractivity contribution is -0.123. The summed E-state index contributed by atoms with van der Waals surface area (Å²) in [5.74, 6) is 1.32. The molecule has 6 nitrogen and oxygen atoms in total. The Morgan fingerprint density at radius 2 is 1.74 bits per heavy atom. The van der Waals surface area contributed by atoms with E-state index in [0.717, 1.165) is 26.5 Å². The third-order valence-electron chi connectivity index (χ3n) is 5.06. The average molecular weight is 622 g/mol. The molecule has 0 bridgehead atoms. The molecule has 0 unspecified atom stereocenters. The van der Waals surface area contributed by atoms with Crippen LogP contribution in [0.2, 0.25) is 5.02 Å². The summed E-state index contributed by atoms with van der Waals surface area (Å²) in [7, 11) is 1.57. The summed E-state index contributed by atoms with van der Waals surface area (Å²) in [5.41, 5.74) is 1.78. The molecule has 9 heteroatoms. The Kier molecular flexibility index (Phi) is 8.59. The van der Waals surface area contributed by atoms with Crippen LogP contribution in [-0.4, -0.2) is 36.3 Å². The molecular weight excluding hydrogens is 601 g/mol. The fourth-order valence-corrected chi connectivity index (χ4v) is 5.18. The lowest BCUT2D eigenvalue weighted by Gasteiger charge is -2.14. The molecule has 0 aliphatic carbocycles. The summed E-state index contributed by atoms with van der Waals surface area (Å²) in [4.78, 5) is 26.8. The first-order valence-corrected chi connectivity index (χ1v) is 12.9. The molecule has 2 amide bonds. The minimum atomic E-state index is -0.360. The largest absolute Gasteiger partial charge is 0.493 e. The van der Waals surface area contributed by atoms with Gasteiger partial charge in [-0.2, -0.15) is 0 Å². The highest BCUT2D eigenvalue weighted by atomic mass is 127. The zero-order valence-corrected chi connectivity index (χ0v) is 22.4. The van der Waals surface area contributed by atoms with Gasteiger partial charge in [-0.05, 0) is 75.8 Å². The molecule has 3 aromatic rings. The van der Waals surface area contributed by atoms with Crippen LogP contribution in [-0.2, 0) is 11.4 Å². The van der Waals surface area contributed by atoms with Gasteiger partial charge in [-0.15, -0.1) is 0 Å². The van der Waals surface area contributed by atoms with Crippen molar-refractivity contribution in [1.29, 1.82) is 0 Å². The number of thioether (sulfide) groups is 1. The van der Waals surface area contributed by atoms with Crippen molar-refractivity contribution in [2.24, 2.45) is 0 Å². The van der Waals surface area contributed by atoms with Gasteiger partial charge in [0.25, 0.3) is 11.1 Å². The van der Waals surface area contributed by atoms with Gasteiger partial charge in [-0.3, -0.25) is 14.5 Å². The van der Waals surface area contributed by atoms with Gasteiger partial charge >= 0.3 is 0 Å². The lowest BCUT2D eigenvalue weighted by atomic mass is 10.1. The average Bonchev–Trinajstić information content (AvgIpc) is 3.12. The predicted octanol–water partition coefficient (Wildman–Crippen LogP) is 6.65. The monoisotopic (exact) mass is 621 g/mol. The second kappa shape index (κ2) is 11.8. The molecule has 3 aromatic carbocycles. The number of benzene rings is 3. The number of amides is 2. The number of hydrogen-bond acceptors (Lipinski definition) is 6. The summed E-state index contributed by atoms with van der Waals surface area (Å²) < 4.78 is 18.0. The molecule has 4 rings (SSSR count). The van der Waals surface area contributed by atoms with Crippen LogP contribution in [0.15, 0.2) is 71.6 Å². The molecule has 1 aliphatic rings. The van der Waals surface area contributed by atoms with E-state index in [4.69, 9.17) is 25.8 Å². The van der Waals surface area contributed by atoms with Crippen molar-refractivity contribution < 1.29 is 23.8 Å². The number of para-hydroxylation sites is 1. The van der Waals surface area contributed by atoms with E-state index >= 15 is 0 Å². The van der Waals surface area contributed by atoms with Crippen LogP contribution >= 0.6 is 46.0 Å². The molecule has 0 atom stereocenters. The molecular formula is C26H21ClINO5S. The van der Waals surface area contributed by atoms with Gasteiger partial charge in [0.2, 0.25) is 0 Å². The first-order chi connectivity index (χ1) is 17.0. The summed E-state index contributed by atoms with van der Waals surface area (Å²) in [6.45, 7) is 0.677. The molecule has 0 N–H and O–H groups in total. The molecule has 1 saturated heterocycles. The zero-order chi connectivity index (χ0) is 24.8. The Bertz CT molecular complexity index is 1270. The van der Waals surface area contributed by atoms with E-state index in [2.05, 4.69) is 22.6 Å². The number of hydrogen-bond donors (Lipinski definition) is 0. The molecule has 35 heavy (non-hydrogen) atoms. The first-order valence-electron chi connectivity index (χ1n) is 10.6. The summed E-state index contributed by atoms with van der Waals surface area (Å²) in [6, 6.07) is 20.6. The Hall–Kier alpha value is -2.69. The van der Waals surface area contributed by atoms with Crippen molar-refractivity contribution in [3.63, 3.8) is 0 Å². The SMILES string of the molecule is COc1cc(/C=C2\SC(=O)N(CCOc3ccccc3Cl)C2=O)cc(I)c1OCc1ccccc1. The van der Waals surface area contributed by atoms with E-state index in [1.165, 1.54) is 4.90 Å². The van der Waals surface area contributed by atoms with Gasteiger partial charge in [0.05, 0.1) is 27.2 Å². The Labute approximate surface area is 226 Å². The lowest BCUT2D eigenvalue weighted by Crippen LogP contribution is -2.32. The smallest absolute Gasteiger partial charge is 0.293 e. The number of imide groups is 1. The summed E-state index contributed by atoms with van der Waals surface area (Å²) in [6.07, 6.45) is 1.69. The molecule has 0 aromatic heterocycles. The maximum absolute atomic E-state index is 12.9. The summed E-state index contributed by atoms with van der Waals surface area (Å²) >= 11 is 9.16. The number of ether oxygens (including phenoxy) is 3. The standard InChI is InChI=1S/C26H21ClINO5S/c1-32-22-14-18(13-20(28)24(22)34-16-17-7-3-2-4-8-17)15-23-25(30)29(26(31)35-23)11-12-33-21-10-6-5-9-19(21)27/h2-10,13-15H,11-12,16H2,1H3/b23-15-. The van der Waals surface area contributed by atoms with Crippen molar-refractivity contribution in [2.75, 3.05) is 20.3 Å². The highest BCUT2D eigenvalue weighted by Gasteiger charge is 2.35. The van der Waals surface area contributed by atoms with Crippen molar-refractivity contribution in [2.45, 2.75) is 6.61 Å². The molecule has 180 valence electrons. The van der Waals surface area contributed by atoms with Crippen LogP contribution in [0.4, 0.5) is 4.79 Å². The van der Waals surface area contributed by atoms with E-state index in [0.29, 0.717) is 33.8 Å². The van der Waals surface area contributed by atoms with E-state index in [1.807, 2.05) is 36.4 Å².